The van der Waals surface area contributed by atoms with Crippen molar-refractivity contribution in [2.24, 2.45) is 4.99 Å². The zero-order valence-corrected chi connectivity index (χ0v) is 19.1. The molecule has 0 unspecified atom stereocenters. The third-order valence-electron chi connectivity index (χ3n) is 5.09. The lowest BCUT2D eigenvalue weighted by molar-refractivity contribution is 0.150. The van der Waals surface area contributed by atoms with Crippen LogP contribution in [0, 0.1) is 0 Å². The summed E-state index contributed by atoms with van der Waals surface area (Å²) in [5.74, 6) is 0.979. The van der Waals surface area contributed by atoms with Crippen molar-refractivity contribution < 1.29 is 0 Å². The number of nitrogens with zero attached hydrogens (tertiary/aromatic N) is 2. The van der Waals surface area contributed by atoms with Gasteiger partial charge >= 0.3 is 0 Å². The molecule has 0 atom stereocenters. The Labute approximate surface area is 172 Å². The second-order valence-corrected chi connectivity index (χ2v) is 8.33. The van der Waals surface area contributed by atoms with E-state index in [1.807, 2.05) is 0 Å². The monoisotopic (exact) mass is 465 g/mol. The molecule has 0 radical (unpaired) electrons. The van der Waals surface area contributed by atoms with Gasteiger partial charge in [0.25, 0.3) is 0 Å². The van der Waals surface area contributed by atoms with Crippen LogP contribution in [0.15, 0.2) is 4.99 Å². The lowest BCUT2D eigenvalue weighted by Crippen LogP contribution is -2.50. The van der Waals surface area contributed by atoms with E-state index in [-0.39, 0.29) is 29.5 Å². The van der Waals surface area contributed by atoms with E-state index in [1.54, 1.807) is 0 Å². The first kappa shape index (κ1) is 23.0. The predicted octanol–water partition coefficient (Wildman–Crippen LogP) is 2.95. The van der Waals surface area contributed by atoms with Gasteiger partial charge in [0.2, 0.25) is 0 Å². The van der Waals surface area contributed by atoms with Crippen molar-refractivity contribution in [3.8, 4) is 0 Å². The van der Waals surface area contributed by atoms with Gasteiger partial charge in [-0.1, -0.05) is 12.8 Å². The standard InChI is InChI=1S/C19H39N5.HI/c1-5-20-18(21-12-13-22-19(2,3)4)23-16-10-14-24(15-11-16)17-8-6-7-9-17;/h16-17,22H,5-15H2,1-4H3,(H2,20,21,23);1H. The molecule has 2 aliphatic rings. The average Bonchev–Trinajstić information content (AvgIpc) is 3.06. The molecule has 0 aromatic carbocycles. The summed E-state index contributed by atoms with van der Waals surface area (Å²) in [5, 5.41) is 10.5. The molecule has 3 N–H and O–H groups in total. The molecule has 0 amide bonds. The molecule has 6 heteroatoms. The van der Waals surface area contributed by atoms with Crippen LogP contribution in [0.5, 0.6) is 0 Å². The Hall–Kier alpha value is -0.0800. The van der Waals surface area contributed by atoms with Gasteiger partial charge in [-0.3, -0.25) is 4.99 Å². The summed E-state index contributed by atoms with van der Waals surface area (Å²) in [5.41, 5.74) is 0.161. The Morgan fingerprint density at radius 2 is 1.72 bits per heavy atom. The van der Waals surface area contributed by atoms with Crippen LogP contribution in [0.3, 0.4) is 0 Å². The zero-order valence-electron chi connectivity index (χ0n) is 16.7. The number of piperidine rings is 1. The van der Waals surface area contributed by atoms with Crippen LogP contribution in [0.2, 0.25) is 0 Å². The summed E-state index contributed by atoms with van der Waals surface area (Å²) in [4.78, 5) is 7.45. The molecule has 2 fully saturated rings. The second kappa shape index (κ2) is 11.6. The minimum atomic E-state index is 0. The summed E-state index contributed by atoms with van der Waals surface area (Å²) in [7, 11) is 0. The first-order valence-corrected chi connectivity index (χ1v) is 10.0. The Morgan fingerprint density at radius 3 is 2.28 bits per heavy atom. The van der Waals surface area contributed by atoms with Crippen molar-refractivity contribution in [2.45, 2.75) is 83.8 Å². The quantitative estimate of drug-likeness (QED) is 0.244. The molecule has 0 spiro atoms. The maximum Gasteiger partial charge on any atom is 0.191 e. The number of guanidine groups is 1. The Bertz CT molecular complexity index is 380. The molecule has 1 saturated heterocycles. The molecule has 1 saturated carbocycles. The van der Waals surface area contributed by atoms with Crippen LogP contribution < -0.4 is 16.0 Å². The molecule has 1 aliphatic carbocycles. The van der Waals surface area contributed by atoms with Crippen molar-refractivity contribution in [2.75, 3.05) is 32.7 Å². The van der Waals surface area contributed by atoms with Crippen LogP contribution in [-0.2, 0) is 0 Å². The summed E-state index contributed by atoms with van der Waals surface area (Å²) in [6, 6.07) is 1.44. The van der Waals surface area contributed by atoms with Gasteiger partial charge in [-0.25, -0.2) is 0 Å². The Morgan fingerprint density at radius 1 is 1.08 bits per heavy atom. The van der Waals surface area contributed by atoms with Crippen molar-refractivity contribution in [3.63, 3.8) is 0 Å². The molecule has 1 heterocycles. The fraction of sp³-hybridized carbons (Fsp3) is 0.947. The molecule has 0 bridgehead atoms. The molecule has 0 aromatic rings. The largest absolute Gasteiger partial charge is 0.357 e. The van der Waals surface area contributed by atoms with Gasteiger partial charge in [0, 0.05) is 43.8 Å². The van der Waals surface area contributed by atoms with E-state index in [9.17, 15) is 0 Å². The predicted molar refractivity (Wildman–Crippen MR) is 119 cm³/mol. The number of aliphatic imine (C=N–C) groups is 1. The van der Waals surface area contributed by atoms with E-state index in [4.69, 9.17) is 4.99 Å². The van der Waals surface area contributed by atoms with Gasteiger partial charge in [0.05, 0.1) is 6.54 Å². The van der Waals surface area contributed by atoms with Crippen LogP contribution >= 0.6 is 24.0 Å². The highest BCUT2D eigenvalue weighted by Crippen LogP contribution is 2.26. The molecule has 1 aliphatic heterocycles. The topological polar surface area (TPSA) is 51.7 Å². The smallest absolute Gasteiger partial charge is 0.191 e. The van der Waals surface area contributed by atoms with Gasteiger partial charge in [0.1, 0.15) is 0 Å². The summed E-state index contributed by atoms with van der Waals surface area (Å²) < 4.78 is 0. The first-order valence-electron chi connectivity index (χ1n) is 10.0. The molecule has 25 heavy (non-hydrogen) atoms. The molecule has 148 valence electrons. The van der Waals surface area contributed by atoms with E-state index in [0.717, 1.165) is 31.6 Å². The molecule has 5 nitrogen and oxygen atoms in total. The SMILES string of the molecule is CCNC(=NCCNC(C)(C)C)NC1CCN(C2CCCC2)CC1.I. The van der Waals surface area contributed by atoms with E-state index >= 15 is 0 Å². The highest BCUT2D eigenvalue weighted by Gasteiger charge is 2.27. The molecular formula is C19H40IN5. The fourth-order valence-corrected chi connectivity index (χ4v) is 3.79. The number of likely N-dealkylation sites (tertiary alicyclic amines) is 1. The van der Waals surface area contributed by atoms with Crippen molar-refractivity contribution in [3.05, 3.63) is 0 Å². The highest BCUT2D eigenvalue weighted by molar-refractivity contribution is 14.0. The number of nitrogens with one attached hydrogen (secondary N) is 3. The van der Waals surface area contributed by atoms with Crippen molar-refractivity contribution in [1.29, 1.82) is 0 Å². The van der Waals surface area contributed by atoms with E-state index in [1.165, 1.54) is 51.6 Å². The zero-order chi connectivity index (χ0) is 17.4. The molecular weight excluding hydrogens is 425 g/mol. The normalized spacial score (nSPS) is 21.2. The molecule has 2 rings (SSSR count). The second-order valence-electron chi connectivity index (χ2n) is 8.33. The van der Waals surface area contributed by atoms with E-state index in [0.29, 0.717) is 6.04 Å². The maximum atomic E-state index is 4.73. The Balaban J connectivity index is 0.00000312. The average molecular weight is 465 g/mol. The van der Waals surface area contributed by atoms with Crippen molar-refractivity contribution >= 4 is 29.9 Å². The minimum Gasteiger partial charge on any atom is -0.357 e. The lowest BCUT2D eigenvalue weighted by Gasteiger charge is -2.36. The maximum absolute atomic E-state index is 4.73. The lowest BCUT2D eigenvalue weighted by atomic mass is 10.0. The third-order valence-corrected chi connectivity index (χ3v) is 5.09. The first-order chi connectivity index (χ1) is 11.5. The van der Waals surface area contributed by atoms with Gasteiger partial charge in [-0.2, -0.15) is 0 Å². The van der Waals surface area contributed by atoms with E-state index < -0.39 is 0 Å². The Kier molecular flexibility index (Phi) is 10.6. The number of hydrogen-bond acceptors (Lipinski definition) is 3. The van der Waals surface area contributed by atoms with Crippen LogP contribution in [0.25, 0.3) is 0 Å². The molecule has 0 aromatic heterocycles. The van der Waals surface area contributed by atoms with Gasteiger partial charge < -0.3 is 20.9 Å². The van der Waals surface area contributed by atoms with Crippen LogP contribution in [0.1, 0.15) is 66.2 Å². The van der Waals surface area contributed by atoms with Gasteiger partial charge in [0.15, 0.2) is 5.96 Å². The van der Waals surface area contributed by atoms with Crippen LogP contribution in [0.4, 0.5) is 0 Å². The van der Waals surface area contributed by atoms with Gasteiger partial charge in [-0.15, -0.1) is 24.0 Å². The summed E-state index contributed by atoms with van der Waals surface area (Å²) >= 11 is 0. The van der Waals surface area contributed by atoms with Crippen LogP contribution in [-0.4, -0.2) is 61.2 Å². The van der Waals surface area contributed by atoms with E-state index in [2.05, 4.69) is 48.5 Å². The number of rotatable bonds is 6. The summed E-state index contributed by atoms with van der Waals surface area (Å²) in [6.45, 7) is 13.8. The highest BCUT2D eigenvalue weighted by atomic mass is 127. The number of halogens is 1. The minimum absolute atomic E-state index is 0. The summed E-state index contributed by atoms with van der Waals surface area (Å²) in [6.07, 6.45) is 8.18. The third kappa shape index (κ3) is 8.91. The van der Waals surface area contributed by atoms with Gasteiger partial charge in [-0.05, 0) is 53.4 Å². The fourth-order valence-electron chi connectivity index (χ4n) is 3.79. The van der Waals surface area contributed by atoms with Crippen molar-refractivity contribution in [1.82, 2.24) is 20.9 Å². The number of hydrogen-bond donors (Lipinski definition) is 3.